The maximum atomic E-state index is 12.5. The van der Waals surface area contributed by atoms with Crippen LogP contribution in [0.3, 0.4) is 0 Å². The number of rotatable bonds is 7. The summed E-state index contributed by atoms with van der Waals surface area (Å²) in [4.78, 5) is 24.9. The first-order valence-electron chi connectivity index (χ1n) is 10.3. The smallest absolute Gasteiger partial charge is 0.227 e. The molecule has 2 N–H and O–H groups in total. The lowest BCUT2D eigenvalue weighted by Gasteiger charge is -2.27. The zero-order chi connectivity index (χ0) is 19.8. The van der Waals surface area contributed by atoms with Gasteiger partial charge in [-0.05, 0) is 63.1 Å². The van der Waals surface area contributed by atoms with Crippen LogP contribution in [0, 0.1) is 18.8 Å². The maximum absolute atomic E-state index is 12.5. The van der Waals surface area contributed by atoms with E-state index < -0.39 is 0 Å². The standard InChI is InChI=1S/C24H30N2O2/c1-18-9-15-22(16-10-18)26-24(28)21-13-11-20(12-14-21)23(27)25-17-5-8-19-6-3-2-4-7-19/h2-4,6-7,9-10,15-16,20-21H,5,8,11-14,17H2,1H3,(H,25,27)(H,26,28). The highest BCUT2D eigenvalue weighted by Crippen LogP contribution is 2.30. The van der Waals surface area contributed by atoms with Crippen LogP contribution >= 0.6 is 0 Å². The van der Waals surface area contributed by atoms with Gasteiger partial charge >= 0.3 is 0 Å². The molecule has 0 bridgehead atoms. The van der Waals surface area contributed by atoms with Crippen LogP contribution in [-0.4, -0.2) is 18.4 Å². The highest BCUT2D eigenvalue weighted by Gasteiger charge is 2.29. The van der Waals surface area contributed by atoms with E-state index in [-0.39, 0.29) is 23.7 Å². The number of hydrogen-bond donors (Lipinski definition) is 2. The molecular formula is C24H30N2O2. The Morgan fingerprint density at radius 3 is 2.11 bits per heavy atom. The van der Waals surface area contributed by atoms with Gasteiger partial charge in [0.2, 0.25) is 11.8 Å². The Hall–Kier alpha value is -2.62. The number of carbonyl (C=O) groups is 2. The van der Waals surface area contributed by atoms with Gasteiger partial charge in [0.05, 0.1) is 0 Å². The molecule has 0 aliphatic heterocycles. The van der Waals surface area contributed by atoms with Crippen molar-refractivity contribution in [2.45, 2.75) is 45.4 Å². The molecule has 1 fully saturated rings. The molecule has 0 spiro atoms. The van der Waals surface area contributed by atoms with Crippen molar-refractivity contribution in [2.24, 2.45) is 11.8 Å². The predicted molar refractivity (Wildman–Crippen MR) is 113 cm³/mol. The lowest BCUT2D eigenvalue weighted by molar-refractivity contribution is -0.128. The molecule has 1 aliphatic carbocycles. The minimum Gasteiger partial charge on any atom is -0.356 e. The maximum Gasteiger partial charge on any atom is 0.227 e. The summed E-state index contributed by atoms with van der Waals surface area (Å²) >= 11 is 0. The summed E-state index contributed by atoms with van der Waals surface area (Å²) in [6.45, 7) is 2.74. The van der Waals surface area contributed by atoms with Crippen molar-refractivity contribution < 1.29 is 9.59 Å². The van der Waals surface area contributed by atoms with E-state index in [1.165, 1.54) is 11.1 Å². The number of nitrogens with one attached hydrogen (secondary N) is 2. The normalized spacial score (nSPS) is 19.0. The number of anilines is 1. The average molecular weight is 379 g/mol. The SMILES string of the molecule is Cc1ccc(NC(=O)C2CCC(C(=O)NCCCc3ccccc3)CC2)cc1. The molecule has 2 amide bonds. The molecule has 0 heterocycles. The Bertz CT molecular complexity index is 763. The zero-order valence-corrected chi connectivity index (χ0v) is 16.6. The van der Waals surface area contributed by atoms with Crippen molar-refractivity contribution in [1.29, 1.82) is 0 Å². The summed E-state index contributed by atoms with van der Waals surface area (Å²) in [7, 11) is 0. The van der Waals surface area contributed by atoms with Gasteiger partial charge < -0.3 is 10.6 Å². The first kappa shape index (κ1) is 20.1. The largest absolute Gasteiger partial charge is 0.356 e. The Morgan fingerprint density at radius 2 is 1.46 bits per heavy atom. The average Bonchev–Trinajstić information content (AvgIpc) is 2.73. The van der Waals surface area contributed by atoms with Crippen molar-refractivity contribution in [3.8, 4) is 0 Å². The molecule has 3 rings (SSSR count). The molecule has 1 aliphatic rings. The van der Waals surface area contributed by atoms with Crippen molar-refractivity contribution in [3.63, 3.8) is 0 Å². The van der Waals surface area contributed by atoms with Crippen molar-refractivity contribution in [1.82, 2.24) is 5.32 Å². The molecule has 0 atom stereocenters. The fourth-order valence-corrected chi connectivity index (χ4v) is 3.79. The second-order valence-corrected chi connectivity index (χ2v) is 7.78. The summed E-state index contributed by atoms with van der Waals surface area (Å²) in [5, 5.41) is 6.07. The number of carbonyl (C=O) groups excluding carboxylic acids is 2. The number of hydrogen-bond acceptors (Lipinski definition) is 2. The zero-order valence-electron chi connectivity index (χ0n) is 16.6. The van der Waals surface area contributed by atoms with E-state index in [1.54, 1.807) is 0 Å². The summed E-state index contributed by atoms with van der Waals surface area (Å²) in [5.74, 6) is 0.264. The summed E-state index contributed by atoms with van der Waals surface area (Å²) in [6.07, 6.45) is 5.06. The molecule has 4 heteroatoms. The van der Waals surface area contributed by atoms with E-state index >= 15 is 0 Å². The summed E-state index contributed by atoms with van der Waals surface area (Å²) in [5.41, 5.74) is 3.32. The Morgan fingerprint density at radius 1 is 0.857 bits per heavy atom. The van der Waals surface area contributed by atoms with Gasteiger partial charge in [0, 0.05) is 24.1 Å². The fraction of sp³-hybridized carbons (Fsp3) is 0.417. The van der Waals surface area contributed by atoms with E-state index in [1.807, 2.05) is 49.4 Å². The number of aryl methyl sites for hydroxylation is 2. The number of benzene rings is 2. The summed E-state index contributed by atoms with van der Waals surface area (Å²) < 4.78 is 0. The lowest BCUT2D eigenvalue weighted by atomic mass is 9.81. The van der Waals surface area contributed by atoms with Gasteiger partial charge in [-0.2, -0.15) is 0 Å². The Kier molecular flexibility index (Phi) is 7.24. The van der Waals surface area contributed by atoms with Gasteiger partial charge in [-0.3, -0.25) is 9.59 Å². The van der Waals surface area contributed by atoms with Gasteiger partial charge in [-0.1, -0.05) is 48.0 Å². The molecular weight excluding hydrogens is 348 g/mol. The van der Waals surface area contributed by atoms with E-state index in [0.717, 1.165) is 44.2 Å². The van der Waals surface area contributed by atoms with Crippen LogP contribution in [-0.2, 0) is 16.0 Å². The quantitative estimate of drug-likeness (QED) is 0.698. The molecule has 2 aromatic carbocycles. The third-order valence-electron chi connectivity index (χ3n) is 5.57. The second-order valence-electron chi connectivity index (χ2n) is 7.78. The van der Waals surface area contributed by atoms with Crippen molar-refractivity contribution >= 4 is 17.5 Å². The highest BCUT2D eigenvalue weighted by atomic mass is 16.2. The van der Waals surface area contributed by atoms with Crippen LogP contribution in [0.4, 0.5) is 5.69 Å². The van der Waals surface area contributed by atoms with Crippen LogP contribution in [0.2, 0.25) is 0 Å². The fourth-order valence-electron chi connectivity index (χ4n) is 3.79. The van der Waals surface area contributed by atoms with E-state index in [4.69, 9.17) is 0 Å². The third kappa shape index (κ3) is 5.95. The molecule has 148 valence electrons. The van der Waals surface area contributed by atoms with Gasteiger partial charge in [0.25, 0.3) is 0 Å². The highest BCUT2D eigenvalue weighted by molar-refractivity contribution is 5.92. The van der Waals surface area contributed by atoms with Crippen molar-refractivity contribution in [2.75, 3.05) is 11.9 Å². The molecule has 0 saturated heterocycles. The van der Waals surface area contributed by atoms with Crippen LogP contribution in [0.1, 0.15) is 43.2 Å². The van der Waals surface area contributed by atoms with E-state index in [9.17, 15) is 9.59 Å². The monoisotopic (exact) mass is 378 g/mol. The van der Waals surface area contributed by atoms with Gasteiger partial charge in [0.15, 0.2) is 0 Å². The minimum absolute atomic E-state index is 0.00318. The lowest BCUT2D eigenvalue weighted by Crippen LogP contribution is -2.36. The Labute approximate surface area is 167 Å². The topological polar surface area (TPSA) is 58.2 Å². The van der Waals surface area contributed by atoms with Crippen LogP contribution < -0.4 is 10.6 Å². The molecule has 0 unspecified atom stereocenters. The van der Waals surface area contributed by atoms with Gasteiger partial charge in [-0.25, -0.2) is 0 Å². The second kappa shape index (κ2) is 10.1. The van der Waals surface area contributed by atoms with E-state index in [0.29, 0.717) is 6.54 Å². The molecule has 4 nitrogen and oxygen atoms in total. The van der Waals surface area contributed by atoms with Crippen LogP contribution in [0.15, 0.2) is 54.6 Å². The molecule has 2 aromatic rings. The van der Waals surface area contributed by atoms with Crippen LogP contribution in [0.5, 0.6) is 0 Å². The van der Waals surface area contributed by atoms with Gasteiger partial charge in [-0.15, -0.1) is 0 Å². The number of amides is 2. The molecule has 0 radical (unpaired) electrons. The molecule has 1 saturated carbocycles. The van der Waals surface area contributed by atoms with E-state index in [2.05, 4.69) is 22.8 Å². The van der Waals surface area contributed by atoms with Gasteiger partial charge in [0.1, 0.15) is 0 Å². The minimum atomic E-state index is 0.00318. The predicted octanol–water partition coefficient (Wildman–Crippen LogP) is 4.49. The van der Waals surface area contributed by atoms with Crippen molar-refractivity contribution in [3.05, 3.63) is 65.7 Å². The summed E-state index contributed by atoms with van der Waals surface area (Å²) in [6, 6.07) is 18.2. The molecule has 28 heavy (non-hydrogen) atoms. The first-order valence-corrected chi connectivity index (χ1v) is 10.3. The Balaban J connectivity index is 1.35. The van der Waals surface area contributed by atoms with Crippen LogP contribution in [0.25, 0.3) is 0 Å². The first-order chi connectivity index (χ1) is 13.6. The molecule has 0 aromatic heterocycles. The third-order valence-corrected chi connectivity index (χ3v) is 5.57.